The molecule has 1 aliphatic rings. The van der Waals surface area contributed by atoms with Crippen LogP contribution in [0.2, 0.25) is 0 Å². The third-order valence-electron chi connectivity index (χ3n) is 4.33. The van der Waals surface area contributed by atoms with E-state index in [-0.39, 0.29) is 17.3 Å². The normalized spacial score (nSPS) is 29.9. The van der Waals surface area contributed by atoms with Gasteiger partial charge in [0.15, 0.2) is 6.23 Å². The molecule has 0 amide bonds. The highest BCUT2D eigenvalue weighted by atomic mass is 16.6. The standard InChI is InChI=1S/C16H18N2O6/c1-2-7-16(23)12(20)11(8-19)24-14(16)18-10-6-4-3-5-9(10)13(21)17-15(18)22/h2-6,11-12,14,19-20,23H,1,7-8H2,(H,17,21,22)/t11-,12-,14-,16-/m1/s1. The van der Waals surface area contributed by atoms with E-state index in [1.54, 1.807) is 18.2 Å². The Hall–Kier alpha value is -2.26. The average molecular weight is 334 g/mol. The highest BCUT2D eigenvalue weighted by molar-refractivity contribution is 5.77. The van der Waals surface area contributed by atoms with E-state index in [2.05, 4.69) is 11.6 Å². The van der Waals surface area contributed by atoms with Crippen molar-refractivity contribution in [2.24, 2.45) is 0 Å². The van der Waals surface area contributed by atoms with Crippen LogP contribution in [0.25, 0.3) is 10.9 Å². The van der Waals surface area contributed by atoms with Gasteiger partial charge in [-0.05, 0) is 12.1 Å². The summed E-state index contributed by atoms with van der Waals surface area (Å²) >= 11 is 0. The van der Waals surface area contributed by atoms with Crippen molar-refractivity contribution in [1.82, 2.24) is 9.55 Å². The second-order valence-electron chi connectivity index (χ2n) is 5.78. The van der Waals surface area contributed by atoms with Crippen LogP contribution in [0.5, 0.6) is 0 Å². The summed E-state index contributed by atoms with van der Waals surface area (Å²) in [4.78, 5) is 26.5. The zero-order chi connectivity index (χ0) is 17.5. The largest absolute Gasteiger partial charge is 0.394 e. The molecule has 24 heavy (non-hydrogen) atoms. The lowest BCUT2D eigenvalue weighted by Gasteiger charge is -2.31. The van der Waals surface area contributed by atoms with E-state index in [0.29, 0.717) is 0 Å². The summed E-state index contributed by atoms with van der Waals surface area (Å²) in [5.74, 6) is 0. The zero-order valence-corrected chi connectivity index (χ0v) is 12.8. The minimum Gasteiger partial charge on any atom is -0.394 e. The van der Waals surface area contributed by atoms with Gasteiger partial charge in [-0.15, -0.1) is 6.58 Å². The van der Waals surface area contributed by atoms with Crippen LogP contribution in [0.3, 0.4) is 0 Å². The Morgan fingerprint density at radius 3 is 2.75 bits per heavy atom. The molecule has 1 aromatic heterocycles. The van der Waals surface area contributed by atoms with Crippen molar-refractivity contribution in [1.29, 1.82) is 0 Å². The maximum atomic E-state index is 12.4. The van der Waals surface area contributed by atoms with E-state index in [4.69, 9.17) is 4.74 Å². The van der Waals surface area contributed by atoms with Gasteiger partial charge in [-0.3, -0.25) is 14.3 Å². The summed E-state index contributed by atoms with van der Waals surface area (Å²) in [6, 6.07) is 6.36. The Bertz CT molecular complexity index is 888. The molecule has 0 bridgehead atoms. The first kappa shape index (κ1) is 16.6. The molecule has 1 saturated heterocycles. The molecule has 0 unspecified atom stereocenters. The lowest BCUT2D eigenvalue weighted by Crippen LogP contribution is -2.49. The van der Waals surface area contributed by atoms with Crippen LogP contribution in [0.1, 0.15) is 12.6 Å². The smallest absolute Gasteiger partial charge is 0.331 e. The molecule has 0 spiro atoms. The maximum absolute atomic E-state index is 12.4. The van der Waals surface area contributed by atoms with Gasteiger partial charge in [-0.2, -0.15) is 0 Å². The third kappa shape index (κ3) is 2.31. The van der Waals surface area contributed by atoms with Gasteiger partial charge in [0.1, 0.15) is 17.8 Å². The molecular formula is C16H18N2O6. The fourth-order valence-electron chi connectivity index (χ4n) is 3.15. The van der Waals surface area contributed by atoms with Crippen molar-refractivity contribution in [3.63, 3.8) is 0 Å². The Balaban J connectivity index is 2.28. The zero-order valence-electron chi connectivity index (χ0n) is 12.8. The van der Waals surface area contributed by atoms with Gasteiger partial charge in [0.2, 0.25) is 0 Å². The summed E-state index contributed by atoms with van der Waals surface area (Å²) in [6.07, 6.45) is -2.48. The summed E-state index contributed by atoms with van der Waals surface area (Å²) in [6.45, 7) is 3.01. The molecule has 2 heterocycles. The lowest BCUT2D eigenvalue weighted by molar-refractivity contribution is -0.106. The Labute approximate surface area is 136 Å². The van der Waals surface area contributed by atoms with Gasteiger partial charge in [0.25, 0.3) is 5.56 Å². The van der Waals surface area contributed by atoms with Crippen molar-refractivity contribution >= 4 is 10.9 Å². The number of hydrogen-bond acceptors (Lipinski definition) is 6. The highest BCUT2D eigenvalue weighted by Crippen LogP contribution is 2.41. The van der Waals surface area contributed by atoms with E-state index in [1.807, 2.05) is 0 Å². The molecule has 1 aromatic carbocycles. The second kappa shape index (κ2) is 5.99. The number of fused-ring (bicyclic) bond motifs is 1. The van der Waals surface area contributed by atoms with Gasteiger partial charge in [0.05, 0.1) is 17.5 Å². The van der Waals surface area contributed by atoms with Crippen LogP contribution in [0.4, 0.5) is 0 Å². The van der Waals surface area contributed by atoms with Crippen LogP contribution >= 0.6 is 0 Å². The number of aromatic amines is 1. The highest BCUT2D eigenvalue weighted by Gasteiger charge is 2.55. The topological polar surface area (TPSA) is 125 Å². The molecule has 128 valence electrons. The monoisotopic (exact) mass is 334 g/mol. The van der Waals surface area contributed by atoms with Gasteiger partial charge in [-0.25, -0.2) is 4.79 Å². The van der Waals surface area contributed by atoms with Crippen molar-refractivity contribution in [2.75, 3.05) is 6.61 Å². The van der Waals surface area contributed by atoms with Crippen LogP contribution in [-0.2, 0) is 4.74 Å². The maximum Gasteiger partial charge on any atom is 0.331 e. The minimum atomic E-state index is -1.88. The number of para-hydroxylation sites is 1. The molecule has 4 atom stereocenters. The van der Waals surface area contributed by atoms with Crippen molar-refractivity contribution in [3.8, 4) is 0 Å². The van der Waals surface area contributed by atoms with E-state index >= 15 is 0 Å². The first-order valence-electron chi connectivity index (χ1n) is 7.45. The molecular weight excluding hydrogens is 316 g/mol. The Morgan fingerprint density at radius 1 is 1.38 bits per heavy atom. The molecule has 1 aliphatic heterocycles. The molecule has 8 heteroatoms. The SMILES string of the molecule is C=CC[C@@]1(O)[C@H](O)[C@@H](CO)O[C@H]1n1c(=O)[nH]c(=O)c2ccccc21. The Kier molecular flexibility index (Phi) is 4.14. The molecule has 0 radical (unpaired) electrons. The predicted octanol–water partition coefficient (Wildman–Crippen LogP) is -0.752. The number of nitrogens with one attached hydrogen (secondary N) is 1. The molecule has 0 saturated carbocycles. The van der Waals surface area contributed by atoms with Gasteiger partial charge >= 0.3 is 5.69 Å². The van der Waals surface area contributed by atoms with Crippen molar-refractivity contribution in [3.05, 3.63) is 57.8 Å². The van der Waals surface area contributed by atoms with E-state index in [9.17, 15) is 24.9 Å². The number of benzene rings is 1. The third-order valence-corrected chi connectivity index (χ3v) is 4.33. The number of aliphatic hydroxyl groups excluding tert-OH is 2. The molecule has 2 aromatic rings. The van der Waals surface area contributed by atoms with E-state index in [0.717, 1.165) is 4.57 Å². The van der Waals surface area contributed by atoms with Crippen LogP contribution in [0.15, 0.2) is 46.5 Å². The predicted molar refractivity (Wildman–Crippen MR) is 85.6 cm³/mol. The van der Waals surface area contributed by atoms with E-state index < -0.39 is 41.9 Å². The molecule has 3 rings (SSSR count). The lowest BCUT2D eigenvalue weighted by atomic mass is 9.90. The van der Waals surface area contributed by atoms with Crippen LogP contribution in [0, 0.1) is 0 Å². The minimum absolute atomic E-state index is 0.0742. The molecule has 0 aliphatic carbocycles. The van der Waals surface area contributed by atoms with Crippen molar-refractivity contribution < 1.29 is 20.1 Å². The number of aliphatic hydroxyl groups is 3. The van der Waals surface area contributed by atoms with Gasteiger partial charge in [0, 0.05) is 6.42 Å². The molecule has 1 fully saturated rings. The number of rotatable bonds is 4. The Morgan fingerprint density at radius 2 is 2.08 bits per heavy atom. The number of H-pyrrole nitrogens is 1. The second-order valence-corrected chi connectivity index (χ2v) is 5.78. The van der Waals surface area contributed by atoms with E-state index in [1.165, 1.54) is 12.1 Å². The molecule has 4 N–H and O–H groups in total. The van der Waals surface area contributed by atoms with Crippen molar-refractivity contribution in [2.45, 2.75) is 30.5 Å². The number of hydrogen-bond donors (Lipinski definition) is 4. The first-order chi connectivity index (χ1) is 11.4. The number of nitrogens with zero attached hydrogens (tertiary/aromatic N) is 1. The fourth-order valence-corrected chi connectivity index (χ4v) is 3.15. The quantitative estimate of drug-likeness (QED) is 0.545. The summed E-state index contributed by atoms with van der Waals surface area (Å²) in [5.41, 5.74) is -2.96. The first-order valence-corrected chi connectivity index (χ1v) is 7.45. The van der Waals surface area contributed by atoms with Crippen LogP contribution in [-0.4, -0.2) is 49.3 Å². The summed E-state index contributed by atoms with van der Waals surface area (Å²) in [5, 5.41) is 30.8. The summed E-state index contributed by atoms with van der Waals surface area (Å²) < 4.78 is 6.63. The fraction of sp³-hybridized carbons (Fsp3) is 0.375. The van der Waals surface area contributed by atoms with Gasteiger partial charge < -0.3 is 20.1 Å². The number of ether oxygens (including phenoxy) is 1. The summed E-state index contributed by atoms with van der Waals surface area (Å²) in [7, 11) is 0. The number of aromatic nitrogens is 2. The van der Waals surface area contributed by atoms with Crippen LogP contribution < -0.4 is 11.2 Å². The van der Waals surface area contributed by atoms with Gasteiger partial charge in [-0.1, -0.05) is 18.2 Å². The molecule has 8 nitrogen and oxygen atoms in total. The average Bonchev–Trinajstić information content (AvgIpc) is 2.80.